The normalized spacial score (nSPS) is 18.7. The van der Waals surface area contributed by atoms with E-state index in [9.17, 15) is 14.3 Å². The van der Waals surface area contributed by atoms with Crippen molar-refractivity contribution in [3.8, 4) is 11.5 Å². The lowest BCUT2D eigenvalue weighted by molar-refractivity contribution is -0.145. The van der Waals surface area contributed by atoms with E-state index in [4.69, 9.17) is 9.47 Å². The van der Waals surface area contributed by atoms with Crippen molar-refractivity contribution in [3.63, 3.8) is 0 Å². The van der Waals surface area contributed by atoms with Gasteiger partial charge in [0.15, 0.2) is 11.6 Å². The predicted molar refractivity (Wildman–Crippen MR) is 99.8 cm³/mol. The highest BCUT2D eigenvalue weighted by Crippen LogP contribution is 2.39. The van der Waals surface area contributed by atoms with Crippen molar-refractivity contribution in [3.05, 3.63) is 59.4 Å². The fourth-order valence-corrected chi connectivity index (χ4v) is 3.82. The van der Waals surface area contributed by atoms with Crippen molar-refractivity contribution in [2.75, 3.05) is 20.8 Å². The second kappa shape index (κ2) is 8.39. The summed E-state index contributed by atoms with van der Waals surface area (Å²) in [6, 6.07) is 11.2. The van der Waals surface area contributed by atoms with Crippen LogP contribution in [-0.4, -0.2) is 42.8 Å². The third-order valence-electron chi connectivity index (χ3n) is 5.09. The number of aliphatic carboxylic acids is 1. The highest BCUT2D eigenvalue weighted by molar-refractivity contribution is 5.73. The van der Waals surface area contributed by atoms with Crippen molar-refractivity contribution >= 4 is 5.97 Å². The number of hydrogen-bond acceptors (Lipinski definition) is 4. The molecule has 2 unspecified atom stereocenters. The number of carboxylic acids is 1. The van der Waals surface area contributed by atoms with Gasteiger partial charge in [0.2, 0.25) is 0 Å². The molecule has 6 heteroatoms. The molecule has 2 aromatic carbocycles. The van der Waals surface area contributed by atoms with Crippen LogP contribution in [0, 0.1) is 5.82 Å². The molecule has 0 aromatic heterocycles. The number of hydrogen-bond donors (Lipinski definition) is 1. The van der Waals surface area contributed by atoms with Gasteiger partial charge in [0.25, 0.3) is 0 Å². The summed E-state index contributed by atoms with van der Waals surface area (Å²) in [5, 5.41) is 9.75. The summed E-state index contributed by atoms with van der Waals surface area (Å²) < 4.78 is 25.0. The maximum atomic E-state index is 14.4. The van der Waals surface area contributed by atoms with Crippen molar-refractivity contribution < 1.29 is 23.8 Å². The van der Waals surface area contributed by atoms with Crippen LogP contribution in [0.1, 0.15) is 36.4 Å². The van der Waals surface area contributed by atoms with Gasteiger partial charge >= 0.3 is 5.97 Å². The number of benzene rings is 2. The first-order valence-electron chi connectivity index (χ1n) is 9.01. The lowest BCUT2D eigenvalue weighted by Crippen LogP contribution is -2.46. The topological polar surface area (TPSA) is 59.0 Å². The maximum Gasteiger partial charge on any atom is 0.320 e. The average molecular weight is 373 g/mol. The Morgan fingerprint density at radius 3 is 2.56 bits per heavy atom. The molecule has 0 bridgehead atoms. The Labute approximate surface area is 158 Å². The number of piperidine rings is 1. The van der Waals surface area contributed by atoms with Crippen LogP contribution in [0.5, 0.6) is 11.5 Å². The van der Waals surface area contributed by atoms with Gasteiger partial charge in [0.05, 0.1) is 20.3 Å². The van der Waals surface area contributed by atoms with Gasteiger partial charge in [0.1, 0.15) is 11.8 Å². The fourth-order valence-electron chi connectivity index (χ4n) is 3.82. The highest BCUT2D eigenvalue weighted by atomic mass is 19.1. The summed E-state index contributed by atoms with van der Waals surface area (Å²) in [5.74, 6) is -0.526. The van der Waals surface area contributed by atoms with Gasteiger partial charge in [0, 0.05) is 5.56 Å². The van der Waals surface area contributed by atoms with Gasteiger partial charge in [-0.05, 0) is 43.1 Å². The average Bonchev–Trinajstić information content (AvgIpc) is 2.69. The molecule has 3 rings (SSSR count). The number of carbonyl (C=O) groups is 1. The Bertz CT molecular complexity index is 811. The molecule has 1 N–H and O–H groups in total. The van der Waals surface area contributed by atoms with Crippen LogP contribution in [0.15, 0.2) is 42.5 Å². The minimum Gasteiger partial charge on any atom is -0.496 e. The molecule has 5 nitrogen and oxygen atoms in total. The Morgan fingerprint density at radius 2 is 1.89 bits per heavy atom. The zero-order valence-corrected chi connectivity index (χ0v) is 15.5. The van der Waals surface area contributed by atoms with Crippen molar-refractivity contribution in [1.82, 2.24) is 4.90 Å². The molecule has 0 spiro atoms. The number of ether oxygens (including phenoxy) is 2. The first-order chi connectivity index (χ1) is 13.1. The zero-order chi connectivity index (χ0) is 19.4. The Balaban J connectivity index is 2.14. The molecule has 0 amide bonds. The predicted octanol–water partition coefficient (Wildman–Crippen LogP) is 3.87. The molecule has 0 aliphatic carbocycles. The van der Waals surface area contributed by atoms with Gasteiger partial charge in [-0.25, -0.2) is 4.39 Å². The quantitative estimate of drug-likeness (QED) is 0.833. The third kappa shape index (κ3) is 3.90. The first-order valence-corrected chi connectivity index (χ1v) is 9.01. The van der Waals surface area contributed by atoms with Crippen LogP contribution < -0.4 is 9.47 Å². The fraction of sp³-hybridized carbons (Fsp3) is 0.381. The second-order valence-corrected chi connectivity index (χ2v) is 6.63. The third-order valence-corrected chi connectivity index (χ3v) is 5.09. The van der Waals surface area contributed by atoms with Crippen LogP contribution in [0.2, 0.25) is 0 Å². The smallest absolute Gasteiger partial charge is 0.320 e. The summed E-state index contributed by atoms with van der Waals surface area (Å²) in [7, 11) is 3.00. The minimum absolute atomic E-state index is 0.158. The first kappa shape index (κ1) is 19.2. The van der Waals surface area contributed by atoms with Crippen LogP contribution in [0.4, 0.5) is 4.39 Å². The standard InChI is InChI=1S/C21H24FNO4/c1-26-18-9-4-3-7-15(18)20(14-10-11-19(27-2)16(22)13-14)23-12-6-5-8-17(23)21(24)25/h3-4,7,9-11,13,17,20H,5-6,8,12H2,1-2H3,(H,24,25). The number of halogens is 1. The molecular weight excluding hydrogens is 349 g/mol. The molecule has 2 atom stereocenters. The van der Waals surface area contributed by atoms with E-state index in [0.717, 1.165) is 18.4 Å². The number of rotatable bonds is 6. The minimum atomic E-state index is -0.858. The van der Waals surface area contributed by atoms with Gasteiger partial charge in [-0.1, -0.05) is 30.7 Å². The summed E-state index contributed by atoms with van der Waals surface area (Å²) in [4.78, 5) is 13.8. The van der Waals surface area contributed by atoms with Crippen LogP contribution in [0.3, 0.4) is 0 Å². The van der Waals surface area contributed by atoms with Crippen LogP contribution in [0.25, 0.3) is 0 Å². The Hall–Kier alpha value is -2.60. The molecule has 1 aliphatic rings. The molecule has 1 aliphatic heterocycles. The number of carboxylic acid groups (broad SMARTS) is 1. The maximum absolute atomic E-state index is 14.4. The second-order valence-electron chi connectivity index (χ2n) is 6.63. The monoisotopic (exact) mass is 373 g/mol. The van der Waals surface area contributed by atoms with E-state index in [-0.39, 0.29) is 5.75 Å². The highest BCUT2D eigenvalue weighted by Gasteiger charge is 2.36. The number of likely N-dealkylation sites (tertiary alicyclic amines) is 1. The lowest BCUT2D eigenvalue weighted by Gasteiger charge is -2.40. The van der Waals surface area contributed by atoms with Crippen molar-refractivity contribution in [1.29, 1.82) is 0 Å². The molecule has 0 saturated carbocycles. The van der Waals surface area contributed by atoms with Gasteiger partial charge in [-0.3, -0.25) is 9.69 Å². The van der Waals surface area contributed by atoms with Crippen molar-refractivity contribution in [2.45, 2.75) is 31.3 Å². The molecular formula is C21H24FNO4. The molecule has 2 aromatic rings. The lowest BCUT2D eigenvalue weighted by atomic mass is 9.91. The summed E-state index contributed by atoms with van der Waals surface area (Å²) >= 11 is 0. The summed E-state index contributed by atoms with van der Waals surface area (Å²) in [5.41, 5.74) is 1.49. The number of methoxy groups -OCH3 is 2. The van der Waals surface area contributed by atoms with Crippen LogP contribution >= 0.6 is 0 Å². The molecule has 27 heavy (non-hydrogen) atoms. The van der Waals surface area contributed by atoms with Gasteiger partial charge in [-0.2, -0.15) is 0 Å². The zero-order valence-electron chi connectivity index (χ0n) is 15.5. The van der Waals surface area contributed by atoms with Crippen LogP contribution in [-0.2, 0) is 4.79 Å². The van der Waals surface area contributed by atoms with E-state index in [0.29, 0.717) is 24.3 Å². The molecule has 1 saturated heterocycles. The van der Waals surface area contributed by atoms with E-state index in [1.807, 2.05) is 29.2 Å². The van der Waals surface area contributed by atoms with E-state index in [2.05, 4.69) is 0 Å². The van der Waals surface area contributed by atoms with Gasteiger partial charge < -0.3 is 14.6 Å². The summed E-state index contributed by atoms with van der Waals surface area (Å²) in [6.07, 6.45) is 2.33. The summed E-state index contributed by atoms with van der Waals surface area (Å²) in [6.45, 7) is 0.618. The van der Waals surface area contributed by atoms with Crippen molar-refractivity contribution in [2.24, 2.45) is 0 Å². The Morgan fingerprint density at radius 1 is 1.15 bits per heavy atom. The molecule has 144 valence electrons. The Kier molecular flexibility index (Phi) is 5.96. The SMILES string of the molecule is COc1ccc(C(c2ccccc2OC)N2CCCCC2C(=O)O)cc1F. The molecule has 0 radical (unpaired) electrons. The number of para-hydroxylation sites is 1. The molecule has 1 fully saturated rings. The largest absolute Gasteiger partial charge is 0.496 e. The number of nitrogens with zero attached hydrogens (tertiary/aromatic N) is 1. The van der Waals surface area contributed by atoms with E-state index in [1.165, 1.54) is 13.2 Å². The molecule has 1 heterocycles. The van der Waals surface area contributed by atoms with E-state index >= 15 is 0 Å². The van der Waals surface area contributed by atoms with Gasteiger partial charge in [-0.15, -0.1) is 0 Å². The van der Waals surface area contributed by atoms with E-state index < -0.39 is 23.9 Å². The van der Waals surface area contributed by atoms with E-state index in [1.54, 1.807) is 19.2 Å².